The Kier molecular flexibility index (Phi) is 4.93. The number of hydrogen-bond acceptors (Lipinski definition) is 4. The third-order valence-corrected chi connectivity index (χ3v) is 4.61. The molecule has 24 heavy (non-hydrogen) atoms. The van der Waals surface area contributed by atoms with E-state index in [4.69, 9.17) is 0 Å². The molecule has 0 spiro atoms. The number of amides is 2. The number of benzene rings is 1. The summed E-state index contributed by atoms with van der Waals surface area (Å²) in [5, 5.41) is 3.01. The third-order valence-electron chi connectivity index (χ3n) is 4.61. The number of nitrogens with zero attached hydrogens (tertiary/aromatic N) is 4. The second-order valence-corrected chi connectivity index (χ2v) is 6.14. The fraction of sp³-hybridized carbons (Fsp3) is 0.389. The molecule has 1 aliphatic heterocycles. The monoisotopic (exact) mass is 325 g/mol. The fourth-order valence-corrected chi connectivity index (χ4v) is 3.04. The maximum atomic E-state index is 12.4. The Morgan fingerprint density at radius 1 is 1.25 bits per heavy atom. The van der Waals surface area contributed by atoms with Gasteiger partial charge in [0.05, 0.1) is 0 Å². The standard InChI is InChI=1S/C18H23N5O/c1-14-5-3-4-6-16(14)21-18(24)23-11-8-15(9-12-23)22(2)17-7-10-19-13-20-17/h3-7,10,13,15H,8-9,11-12H2,1-2H3,(H,21,24). The summed E-state index contributed by atoms with van der Waals surface area (Å²) in [6, 6.07) is 10.1. The molecule has 2 aromatic rings. The first kappa shape index (κ1) is 16.2. The number of nitrogens with one attached hydrogen (secondary N) is 1. The van der Waals surface area contributed by atoms with Crippen molar-refractivity contribution in [2.45, 2.75) is 25.8 Å². The van der Waals surface area contributed by atoms with Crippen LogP contribution >= 0.6 is 0 Å². The van der Waals surface area contributed by atoms with E-state index in [9.17, 15) is 4.79 Å². The summed E-state index contributed by atoms with van der Waals surface area (Å²) < 4.78 is 0. The van der Waals surface area contributed by atoms with Crippen molar-refractivity contribution in [3.63, 3.8) is 0 Å². The number of rotatable bonds is 3. The van der Waals surface area contributed by atoms with Crippen molar-refractivity contribution in [2.75, 3.05) is 30.4 Å². The summed E-state index contributed by atoms with van der Waals surface area (Å²) in [4.78, 5) is 24.8. The molecule has 6 nitrogen and oxygen atoms in total. The minimum atomic E-state index is -0.0209. The zero-order valence-electron chi connectivity index (χ0n) is 14.1. The lowest BCUT2D eigenvalue weighted by molar-refractivity contribution is 0.194. The maximum absolute atomic E-state index is 12.4. The first-order chi connectivity index (χ1) is 11.6. The highest BCUT2D eigenvalue weighted by atomic mass is 16.2. The Labute approximate surface area is 142 Å². The predicted octanol–water partition coefficient (Wildman–Crippen LogP) is 2.92. The summed E-state index contributed by atoms with van der Waals surface area (Å²) in [7, 11) is 2.05. The molecule has 3 rings (SSSR count). The molecule has 0 saturated carbocycles. The molecule has 0 unspecified atom stereocenters. The van der Waals surface area contributed by atoms with E-state index in [2.05, 4.69) is 27.2 Å². The van der Waals surface area contributed by atoms with Crippen LogP contribution in [0.2, 0.25) is 0 Å². The molecule has 0 atom stereocenters. The molecule has 1 fully saturated rings. The van der Waals surface area contributed by atoms with Crippen LogP contribution in [0, 0.1) is 6.92 Å². The zero-order valence-corrected chi connectivity index (χ0v) is 14.1. The van der Waals surface area contributed by atoms with Crippen molar-refractivity contribution >= 4 is 17.5 Å². The molecule has 0 radical (unpaired) electrons. The Morgan fingerprint density at radius 2 is 2.00 bits per heavy atom. The molecule has 6 heteroatoms. The molecular formula is C18H23N5O. The van der Waals surface area contributed by atoms with Crippen LogP contribution in [0.4, 0.5) is 16.3 Å². The number of carbonyl (C=O) groups is 1. The van der Waals surface area contributed by atoms with Gasteiger partial charge in [-0.05, 0) is 37.5 Å². The fourth-order valence-electron chi connectivity index (χ4n) is 3.04. The first-order valence-corrected chi connectivity index (χ1v) is 8.25. The number of aromatic nitrogens is 2. The second-order valence-electron chi connectivity index (χ2n) is 6.14. The van der Waals surface area contributed by atoms with Crippen LogP contribution in [0.15, 0.2) is 42.9 Å². The van der Waals surface area contributed by atoms with E-state index in [1.807, 2.05) is 42.2 Å². The second kappa shape index (κ2) is 7.29. The number of para-hydroxylation sites is 1. The summed E-state index contributed by atoms with van der Waals surface area (Å²) in [6.45, 7) is 3.49. The van der Waals surface area contributed by atoms with Gasteiger partial charge in [-0.3, -0.25) is 0 Å². The normalized spacial score (nSPS) is 15.2. The summed E-state index contributed by atoms with van der Waals surface area (Å²) >= 11 is 0. The molecule has 1 saturated heterocycles. The zero-order chi connectivity index (χ0) is 16.9. The van der Waals surface area contributed by atoms with Crippen LogP contribution in [-0.2, 0) is 0 Å². The lowest BCUT2D eigenvalue weighted by atomic mass is 10.0. The van der Waals surface area contributed by atoms with E-state index in [1.165, 1.54) is 0 Å². The third kappa shape index (κ3) is 3.64. The number of hydrogen-bond donors (Lipinski definition) is 1. The minimum absolute atomic E-state index is 0.0209. The Hall–Kier alpha value is -2.63. The van der Waals surface area contributed by atoms with Crippen molar-refractivity contribution in [1.82, 2.24) is 14.9 Å². The average Bonchev–Trinajstić information content (AvgIpc) is 2.64. The number of likely N-dealkylation sites (tertiary alicyclic amines) is 1. The molecule has 1 N–H and O–H groups in total. The van der Waals surface area contributed by atoms with Gasteiger partial charge in [-0.2, -0.15) is 0 Å². The van der Waals surface area contributed by atoms with Crippen LogP contribution in [0.5, 0.6) is 0 Å². The Bertz CT molecular complexity index is 683. The highest BCUT2D eigenvalue weighted by molar-refractivity contribution is 5.90. The summed E-state index contributed by atoms with van der Waals surface area (Å²) in [5.41, 5.74) is 1.95. The summed E-state index contributed by atoms with van der Waals surface area (Å²) in [6.07, 6.45) is 5.18. The van der Waals surface area contributed by atoms with Crippen molar-refractivity contribution in [1.29, 1.82) is 0 Å². The molecular weight excluding hydrogens is 302 g/mol. The van der Waals surface area contributed by atoms with Crippen LogP contribution in [0.3, 0.4) is 0 Å². The highest BCUT2D eigenvalue weighted by Gasteiger charge is 2.26. The van der Waals surface area contributed by atoms with Crippen LogP contribution < -0.4 is 10.2 Å². The Morgan fingerprint density at radius 3 is 2.67 bits per heavy atom. The van der Waals surface area contributed by atoms with E-state index in [0.29, 0.717) is 6.04 Å². The Balaban J connectivity index is 1.55. The predicted molar refractivity (Wildman–Crippen MR) is 95.2 cm³/mol. The molecule has 1 aromatic heterocycles. The van der Waals surface area contributed by atoms with Gasteiger partial charge in [0.2, 0.25) is 0 Å². The quantitative estimate of drug-likeness (QED) is 0.942. The number of carbonyl (C=O) groups excluding carboxylic acids is 1. The lowest BCUT2D eigenvalue weighted by Crippen LogP contribution is -2.47. The van der Waals surface area contributed by atoms with Gasteiger partial charge in [-0.15, -0.1) is 0 Å². The highest BCUT2D eigenvalue weighted by Crippen LogP contribution is 2.21. The van der Waals surface area contributed by atoms with Crippen molar-refractivity contribution in [3.8, 4) is 0 Å². The molecule has 126 valence electrons. The largest absolute Gasteiger partial charge is 0.356 e. The smallest absolute Gasteiger partial charge is 0.321 e. The van der Waals surface area contributed by atoms with E-state index >= 15 is 0 Å². The van der Waals surface area contributed by atoms with E-state index < -0.39 is 0 Å². The van der Waals surface area contributed by atoms with Gasteiger partial charge >= 0.3 is 6.03 Å². The van der Waals surface area contributed by atoms with E-state index in [0.717, 1.165) is 43.0 Å². The van der Waals surface area contributed by atoms with Crippen molar-refractivity contribution in [3.05, 3.63) is 48.4 Å². The van der Waals surface area contributed by atoms with Gasteiger partial charge in [0.1, 0.15) is 12.1 Å². The molecule has 0 bridgehead atoms. The van der Waals surface area contributed by atoms with E-state index in [1.54, 1.807) is 12.5 Å². The van der Waals surface area contributed by atoms with Crippen LogP contribution in [-0.4, -0.2) is 47.1 Å². The van der Waals surface area contributed by atoms with Gasteiger partial charge in [0.15, 0.2) is 0 Å². The van der Waals surface area contributed by atoms with Gasteiger partial charge in [0.25, 0.3) is 0 Å². The molecule has 2 heterocycles. The van der Waals surface area contributed by atoms with Crippen LogP contribution in [0.25, 0.3) is 0 Å². The minimum Gasteiger partial charge on any atom is -0.356 e. The van der Waals surface area contributed by atoms with Gasteiger partial charge in [-0.1, -0.05) is 18.2 Å². The lowest BCUT2D eigenvalue weighted by Gasteiger charge is -2.37. The first-order valence-electron chi connectivity index (χ1n) is 8.25. The average molecular weight is 325 g/mol. The molecule has 0 aliphatic carbocycles. The van der Waals surface area contributed by atoms with Gasteiger partial charge < -0.3 is 15.1 Å². The van der Waals surface area contributed by atoms with Crippen LogP contribution in [0.1, 0.15) is 18.4 Å². The SMILES string of the molecule is Cc1ccccc1NC(=O)N1CCC(N(C)c2ccncn2)CC1. The molecule has 1 aliphatic rings. The number of aryl methyl sites for hydroxylation is 1. The van der Waals surface area contributed by atoms with E-state index in [-0.39, 0.29) is 6.03 Å². The maximum Gasteiger partial charge on any atom is 0.321 e. The molecule has 1 aromatic carbocycles. The number of piperidine rings is 1. The number of anilines is 2. The van der Waals surface area contributed by atoms with Crippen molar-refractivity contribution < 1.29 is 4.79 Å². The summed E-state index contributed by atoms with van der Waals surface area (Å²) in [5.74, 6) is 0.924. The topological polar surface area (TPSA) is 61.4 Å². The number of urea groups is 1. The van der Waals surface area contributed by atoms with Gasteiger partial charge in [-0.25, -0.2) is 14.8 Å². The molecule has 2 amide bonds. The van der Waals surface area contributed by atoms with Gasteiger partial charge in [0, 0.05) is 38.1 Å². The van der Waals surface area contributed by atoms with Crippen molar-refractivity contribution in [2.24, 2.45) is 0 Å².